The van der Waals surface area contributed by atoms with Crippen LogP contribution < -0.4 is 5.32 Å². The van der Waals surface area contributed by atoms with Crippen molar-refractivity contribution in [1.29, 1.82) is 0 Å². The summed E-state index contributed by atoms with van der Waals surface area (Å²) < 4.78 is 13.1. The predicted octanol–water partition coefficient (Wildman–Crippen LogP) is 2.52. The third kappa shape index (κ3) is 6.12. The molecule has 0 aliphatic carbocycles. The third-order valence-corrected chi connectivity index (χ3v) is 10.9. The number of aliphatic hydroxyl groups excluding tert-OH is 1. The molecule has 0 saturated carbocycles. The molecule has 4 aromatic rings. The smallest absolute Gasteiger partial charge is 0.331 e. The number of amides is 2. The number of nitrogens with zero attached hydrogens (tertiary/aromatic N) is 5. The molecule has 0 unspecified atom stereocenters. The van der Waals surface area contributed by atoms with Crippen LogP contribution in [0.3, 0.4) is 0 Å². The summed E-state index contributed by atoms with van der Waals surface area (Å²) in [5.74, 6) is -1.56. The predicted molar refractivity (Wildman–Crippen MR) is 170 cm³/mol. The average molecular weight is 661 g/mol. The normalized spacial score (nSPS) is 22.9. The van der Waals surface area contributed by atoms with Crippen LogP contribution in [0.15, 0.2) is 96.2 Å². The van der Waals surface area contributed by atoms with Crippen molar-refractivity contribution in [2.45, 2.75) is 40.4 Å². The number of fused-ring (bicyclic) bond motifs is 1. The number of aliphatic hydroxyl groups is 1. The highest BCUT2D eigenvalue weighted by Crippen LogP contribution is 2.45. The second kappa shape index (κ2) is 13.6. The molecule has 12 nitrogen and oxygen atoms in total. The Labute approximate surface area is 273 Å². The molecule has 0 bridgehead atoms. The first kappa shape index (κ1) is 31.7. The molecule has 3 aromatic carbocycles. The van der Waals surface area contributed by atoms with E-state index < -0.39 is 53.1 Å². The summed E-state index contributed by atoms with van der Waals surface area (Å²) in [5, 5.41) is 25.4. The van der Waals surface area contributed by atoms with Crippen LogP contribution in [0.2, 0.25) is 0 Å². The van der Waals surface area contributed by atoms with Crippen molar-refractivity contribution in [1.82, 2.24) is 30.4 Å². The van der Waals surface area contributed by atoms with Crippen LogP contribution in [-0.4, -0.2) is 89.7 Å². The number of carbonyl (C=O) groups is 3. The zero-order valence-corrected chi connectivity index (χ0v) is 26.6. The van der Waals surface area contributed by atoms with Gasteiger partial charge in [-0.25, -0.2) is 9.48 Å². The number of esters is 1. The number of benzene rings is 3. The molecule has 3 heterocycles. The number of nitrogens with one attached hydrogen (secondary N) is 1. The number of hydrogen-bond acceptors (Lipinski definition) is 11. The Morgan fingerprint density at radius 3 is 2.15 bits per heavy atom. The molecule has 1 aromatic heterocycles. The topological polar surface area (TPSA) is 149 Å². The van der Waals surface area contributed by atoms with E-state index in [1.54, 1.807) is 37.4 Å². The van der Waals surface area contributed by atoms with Gasteiger partial charge in [-0.3, -0.25) is 14.5 Å². The second-order valence-corrected chi connectivity index (χ2v) is 13.1. The number of β-lactam (4-membered cyclic amide) rings is 1. The SMILES string of the molecule is CS[C@]1(CSc2nnnn2C)CO[C@@H]2[C@H](NC(=O)[C@H](O)c3ccccc3)C(=O)N2[C@H]1C(=O)OC(c1ccccc1)c1ccccc1. The highest BCUT2D eigenvalue weighted by atomic mass is 32.2. The van der Waals surface area contributed by atoms with Crippen LogP contribution in [0.25, 0.3) is 0 Å². The van der Waals surface area contributed by atoms with Gasteiger partial charge in [-0.05, 0) is 33.4 Å². The van der Waals surface area contributed by atoms with Crippen LogP contribution in [0.1, 0.15) is 28.9 Å². The summed E-state index contributed by atoms with van der Waals surface area (Å²) in [6.45, 7) is 0.0651. The summed E-state index contributed by atoms with van der Waals surface area (Å²) in [5.41, 5.74) is 1.93. The minimum atomic E-state index is -1.48. The number of carbonyl (C=O) groups excluding carboxylic acids is 3. The molecule has 2 N–H and O–H groups in total. The molecule has 46 heavy (non-hydrogen) atoms. The van der Waals surface area contributed by atoms with Crippen molar-refractivity contribution in [3.63, 3.8) is 0 Å². The molecule has 5 atom stereocenters. The summed E-state index contributed by atoms with van der Waals surface area (Å²) in [7, 11) is 1.72. The van der Waals surface area contributed by atoms with Gasteiger partial charge in [0.25, 0.3) is 11.8 Å². The van der Waals surface area contributed by atoms with E-state index in [2.05, 4.69) is 20.8 Å². The number of aryl methyl sites for hydroxylation is 1. The summed E-state index contributed by atoms with van der Waals surface area (Å²) in [6, 6.07) is 25.1. The lowest BCUT2D eigenvalue weighted by Crippen LogP contribution is -2.81. The minimum Gasteiger partial charge on any atom is -0.451 e. The van der Waals surface area contributed by atoms with Crippen LogP contribution in [0.5, 0.6) is 0 Å². The van der Waals surface area contributed by atoms with Crippen molar-refractivity contribution >= 4 is 41.3 Å². The molecular formula is C32H32N6O6S2. The van der Waals surface area contributed by atoms with E-state index in [0.717, 1.165) is 11.1 Å². The van der Waals surface area contributed by atoms with Crippen molar-refractivity contribution in [2.24, 2.45) is 7.05 Å². The molecule has 2 saturated heterocycles. The highest BCUT2D eigenvalue weighted by Gasteiger charge is 2.64. The monoisotopic (exact) mass is 660 g/mol. The number of tetrazole rings is 1. The lowest BCUT2D eigenvalue weighted by molar-refractivity contribution is -0.220. The summed E-state index contributed by atoms with van der Waals surface area (Å²) in [6.07, 6.45) is -1.30. The van der Waals surface area contributed by atoms with Crippen LogP contribution in [0, 0.1) is 0 Å². The first-order valence-electron chi connectivity index (χ1n) is 14.5. The Kier molecular flexibility index (Phi) is 9.40. The first-order chi connectivity index (χ1) is 22.3. The van der Waals surface area contributed by atoms with Gasteiger partial charge in [0.05, 0.1) is 11.4 Å². The van der Waals surface area contributed by atoms with Gasteiger partial charge in [-0.15, -0.1) is 5.10 Å². The Hall–Kier alpha value is -4.24. The molecule has 2 fully saturated rings. The fraction of sp³-hybridized carbons (Fsp3) is 0.312. The van der Waals surface area contributed by atoms with Gasteiger partial charge >= 0.3 is 5.97 Å². The van der Waals surface area contributed by atoms with E-state index in [4.69, 9.17) is 9.47 Å². The zero-order valence-electron chi connectivity index (χ0n) is 25.0. The maximum atomic E-state index is 14.4. The van der Waals surface area contributed by atoms with Crippen LogP contribution in [0.4, 0.5) is 0 Å². The Morgan fingerprint density at radius 2 is 1.61 bits per heavy atom. The van der Waals surface area contributed by atoms with E-state index in [0.29, 0.717) is 16.5 Å². The Bertz CT molecular complexity index is 1640. The Balaban J connectivity index is 1.30. The van der Waals surface area contributed by atoms with E-state index in [9.17, 15) is 19.5 Å². The van der Waals surface area contributed by atoms with Gasteiger partial charge < -0.3 is 19.9 Å². The Morgan fingerprint density at radius 1 is 1.02 bits per heavy atom. The van der Waals surface area contributed by atoms with Gasteiger partial charge in [-0.1, -0.05) is 103 Å². The molecule has 238 valence electrons. The lowest BCUT2D eigenvalue weighted by Gasteiger charge is -2.58. The van der Waals surface area contributed by atoms with E-state index in [-0.39, 0.29) is 6.61 Å². The lowest BCUT2D eigenvalue weighted by atomic mass is 9.89. The van der Waals surface area contributed by atoms with Gasteiger partial charge in [0.1, 0.15) is 6.04 Å². The number of ether oxygens (including phenoxy) is 2. The van der Waals surface area contributed by atoms with Gasteiger partial charge in [0.2, 0.25) is 5.16 Å². The second-order valence-electron chi connectivity index (χ2n) is 10.9. The zero-order chi connectivity index (χ0) is 32.3. The molecule has 0 spiro atoms. The highest BCUT2D eigenvalue weighted by molar-refractivity contribution is 8.03. The standard InChI is InChI=1S/C32H32N6O6S2/c1-37-31(34-35-36-37)46-19-32(45-2)18-43-29-23(33-27(40)24(39)20-12-6-3-7-13-20)28(41)38(29)26(32)30(42)44-25(21-14-8-4-9-15-21)22-16-10-5-11-17-22/h3-17,23-26,29,39H,18-19H2,1-2H3,(H,33,40)/t23-,24-,26+,29-,32+/m1/s1. The van der Waals surface area contributed by atoms with Crippen molar-refractivity contribution < 1.29 is 29.0 Å². The van der Waals surface area contributed by atoms with Gasteiger partial charge in [-0.2, -0.15) is 11.8 Å². The fourth-order valence-corrected chi connectivity index (χ4v) is 7.82. The quantitative estimate of drug-likeness (QED) is 0.139. The van der Waals surface area contributed by atoms with Crippen molar-refractivity contribution in [3.05, 3.63) is 108 Å². The molecular weight excluding hydrogens is 629 g/mol. The molecule has 2 aliphatic rings. The van der Waals surface area contributed by atoms with Crippen molar-refractivity contribution in [2.75, 3.05) is 18.6 Å². The third-order valence-electron chi connectivity index (χ3n) is 8.11. The maximum absolute atomic E-state index is 14.4. The average Bonchev–Trinajstić information content (AvgIpc) is 3.52. The first-order valence-corrected chi connectivity index (χ1v) is 16.7. The van der Waals surface area contributed by atoms with Crippen molar-refractivity contribution in [3.8, 4) is 0 Å². The van der Waals surface area contributed by atoms with E-state index in [1.165, 1.54) is 33.1 Å². The van der Waals surface area contributed by atoms with Crippen LogP contribution in [-0.2, 0) is 30.9 Å². The summed E-state index contributed by atoms with van der Waals surface area (Å²) in [4.78, 5) is 42.6. The molecule has 0 radical (unpaired) electrons. The minimum absolute atomic E-state index is 0.0651. The number of thioether (sulfide) groups is 2. The number of hydrogen-bond donors (Lipinski definition) is 2. The van der Waals surface area contributed by atoms with E-state index in [1.807, 2.05) is 66.9 Å². The molecule has 2 aliphatic heterocycles. The largest absolute Gasteiger partial charge is 0.451 e. The number of aromatic nitrogens is 4. The van der Waals surface area contributed by atoms with E-state index >= 15 is 0 Å². The van der Waals surface area contributed by atoms with Gasteiger partial charge in [0.15, 0.2) is 24.5 Å². The maximum Gasteiger partial charge on any atom is 0.331 e. The summed E-state index contributed by atoms with van der Waals surface area (Å²) >= 11 is 2.72. The number of rotatable bonds is 11. The van der Waals surface area contributed by atoms with Crippen LogP contribution >= 0.6 is 23.5 Å². The van der Waals surface area contributed by atoms with Gasteiger partial charge in [0, 0.05) is 12.8 Å². The fourth-order valence-electron chi connectivity index (χ4n) is 5.62. The molecule has 14 heteroatoms. The molecule has 2 amide bonds. The molecule has 6 rings (SSSR count).